The van der Waals surface area contributed by atoms with Gasteiger partial charge in [0.05, 0.1) is 12.8 Å². The highest BCUT2D eigenvalue weighted by atomic mass is 31.2. The minimum atomic E-state index is -2.43. The zero-order valence-corrected chi connectivity index (χ0v) is 16.3. The Balaban J connectivity index is 3.19. The number of anilines is 1. The van der Waals surface area contributed by atoms with Crippen LogP contribution in [0.3, 0.4) is 0 Å². The molecule has 1 aromatic carbocycles. The lowest BCUT2D eigenvalue weighted by atomic mass is 9.97. The zero-order valence-electron chi connectivity index (χ0n) is 15.4. The van der Waals surface area contributed by atoms with Crippen molar-refractivity contribution in [3.63, 3.8) is 0 Å². The van der Waals surface area contributed by atoms with Crippen LogP contribution in [0.25, 0.3) is 0 Å². The number of rotatable bonds is 6. The SMILES string of the molecule is COc1cc(P(=O)(C(C)C)C(C)C)ccc1NCC(C)(C)C. The monoisotopic (exact) mass is 325 g/mol. The summed E-state index contributed by atoms with van der Waals surface area (Å²) in [7, 11) is -0.771. The topological polar surface area (TPSA) is 38.3 Å². The molecule has 0 atom stereocenters. The van der Waals surface area contributed by atoms with Crippen molar-refractivity contribution >= 4 is 18.1 Å². The summed E-state index contributed by atoms with van der Waals surface area (Å²) in [6, 6.07) is 5.94. The number of ether oxygens (including phenoxy) is 1. The molecule has 3 nitrogen and oxygen atoms in total. The van der Waals surface area contributed by atoms with E-state index in [1.54, 1.807) is 7.11 Å². The predicted molar refractivity (Wildman–Crippen MR) is 98.5 cm³/mol. The maximum absolute atomic E-state index is 13.4. The molecule has 0 unspecified atom stereocenters. The van der Waals surface area contributed by atoms with Crippen molar-refractivity contribution in [2.24, 2.45) is 5.41 Å². The summed E-state index contributed by atoms with van der Waals surface area (Å²) in [5, 5.41) is 4.34. The average Bonchev–Trinajstić information content (AvgIpc) is 2.42. The average molecular weight is 325 g/mol. The Morgan fingerprint density at radius 3 is 2.09 bits per heavy atom. The van der Waals surface area contributed by atoms with Gasteiger partial charge in [-0.05, 0) is 23.6 Å². The van der Waals surface area contributed by atoms with Gasteiger partial charge in [-0.3, -0.25) is 0 Å². The van der Waals surface area contributed by atoms with Gasteiger partial charge in [0.1, 0.15) is 12.9 Å². The molecule has 22 heavy (non-hydrogen) atoms. The van der Waals surface area contributed by atoms with Crippen LogP contribution >= 0.6 is 7.14 Å². The number of benzene rings is 1. The molecule has 1 N–H and O–H groups in total. The molecule has 1 aromatic rings. The fourth-order valence-corrected chi connectivity index (χ4v) is 5.61. The van der Waals surface area contributed by atoms with Gasteiger partial charge >= 0.3 is 0 Å². The Kier molecular flexibility index (Phi) is 6.15. The second-order valence-electron chi connectivity index (χ2n) is 7.70. The standard InChI is InChI=1S/C18H32NO2P/c1-13(2)22(20,14(3)4)15-9-10-16(17(11-15)21-8)19-12-18(5,6)7/h9-11,13-14,19H,12H2,1-8H3. The molecule has 0 aliphatic rings. The largest absolute Gasteiger partial charge is 0.495 e. The van der Waals surface area contributed by atoms with Gasteiger partial charge in [-0.25, -0.2) is 0 Å². The van der Waals surface area contributed by atoms with Gasteiger partial charge in [0.25, 0.3) is 0 Å². The third-order valence-corrected chi connectivity index (χ3v) is 8.09. The fourth-order valence-electron chi connectivity index (χ4n) is 2.60. The molecule has 1 rings (SSSR count). The molecule has 0 aliphatic carbocycles. The summed E-state index contributed by atoms with van der Waals surface area (Å²) < 4.78 is 19.0. The predicted octanol–water partition coefficient (Wildman–Crippen LogP) is 4.96. The van der Waals surface area contributed by atoms with Crippen LogP contribution in [0.4, 0.5) is 5.69 Å². The highest BCUT2D eigenvalue weighted by Crippen LogP contribution is 2.54. The van der Waals surface area contributed by atoms with Crippen LogP contribution in [0.5, 0.6) is 5.75 Å². The fraction of sp³-hybridized carbons (Fsp3) is 0.667. The first-order valence-corrected chi connectivity index (χ1v) is 9.88. The summed E-state index contributed by atoms with van der Waals surface area (Å²) in [6.45, 7) is 15.6. The molecule has 0 bridgehead atoms. The van der Waals surface area contributed by atoms with E-state index in [9.17, 15) is 4.57 Å². The Morgan fingerprint density at radius 2 is 1.68 bits per heavy atom. The Labute approximate surface area is 136 Å². The van der Waals surface area contributed by atoms with Crippen LogP contribution in [-0.2, 0) is 4.57 Å². The number of nitrogens with one attached hydrogen (secondary N) is 1. The third-order valence-electron chi connectivity index (χ3n) is 3.93. The summed E-state index contributed by atoms with van der Waals surface area (Å²) >= 11 is 0. The molecule has 0 fully saturated rings. The van der Waals surface area contributed by atoms with Crippen LogP contribution in [0, 0.1) is 5.41 Å². The number of hydrogen-bond acceptors (Lipinski definition) is 3. The first kappa shape index (κ1) is 19.1. The zero-order chi connectivity index (χ0) is 17.1. The van der Waals surface area contributed by atoms with E-state index in [1.165, 1.54) is 0 Å². The molecular weight excluding hydrogens is 293 g/mol. The van der Waals surface area contributed by atoms with Gasteiger partial charge in [0.2, 0.25) is 0 Å². The minimum Gasteiger partial charge on any atom is -0.495 e. The van der Waals surface area contributed by atoms with E-state index in [0.29, 0.717) is 0 Å². The Bertz CT molecular complexity index is 533. The Hall–Kier alpha value is -0.950. The molecule has 0 aromatic heterocycles. The van der Waals surface area contributed by atoms with Crippen molar-refractivity contribution < 1.29 is 9.30 Å². The van der Waals surface area contributed by atoms with Crippen LogP contribution in [0.1, 0.15) is 48.5 Å². The molecule has 0 saturated heterocycles. The van der Waals surface area contributed by atoms with E-state index in [-0.39, 0.29) is 16.7 Å². The summed E-state index contributed by atoms with van der Waals surface area (Å²) in [5.41, 5.74) is 1.41. The van der Waals surface area contributed by atoms with Crippen molar-refractivity contribution in [2.45, 2.75) is 59.8 Å². The van der Waals surface area contributed by atoms with E-state index in [2.05, 4.69) is 26.1 Å². The molecule has 0 aliphatic heterocycles. The van der Waals surface area contributed by atoms with Gasteiger partial charge in [-0.15, -0.1) is 0 Å². The normalized spacial score (nSPS) is 12.8. The van der Waals surface area contributed by atoms with Gasteiger partial charge in [0.15, 0.2) is 0 Å². The van der Waals surface area contributed by atoms with E-state index in [4.69, 9.17) is 4.74 Å². The first-order valence-electron chi connectivity index (χ1n) is 8.04. The summed E-state index contributed by atoms with van der Waals surface area (Å²) in [5.74, 6) is 0.767. The molecular formula is C18H32NO2P. The summed E-state index contributed by atoms with van der Waals surface area (Å²) in [6.07, 6.45) is 0. The lowest BCUT2D eigenvalue weighted by molar-refractivity contribution is 0.413. The maximum atomic E-state index is 13.4. The highest BCUT2D eigenvalue weighted by molar-refractivity contribution is 7.72. The molecule has 0 radical (unpaired) electrons. The minimum absolute atomic E-state index is 0.130. The molecule has 0 heterocycles. The van der Waals surface area contributed by atoms with Crippen molar-refractivity contribution in [3.8, 4) is 5.75 Å². The van der Waals surface area contributed by atoms with Crippen molar-refractivity contribution in [3.05, 3.63) is 18.2 Å². The second kappa shape index (κ2) is 7.08. The second-order valence-corrected chi connectivity index (χ2v) is 11.7. The van der Waals surface area contributed by atoms with E-state index in [1.807, 2.05) is 45.9 Å². The van der Waals surface area contributed by atoms with E-state index < -0.39 is 7.14 Å². The van der Waals surface area contributed by atoms with Crippen molar-refractivity contribution in [1.82, 2.24) is 0 Å². The van der Waals surface area contributed by atoms with Crippen LogP contribution in [0.2, 0.25) is 0 Å². The molecule has 126 valence electrons. The molecule has 0 saturated carbocycles. The van der Waals surface area contributed by atoms with Gasteiger partial charge in [-0.1, -0.05) is 48.5 Å². The van der Waals surface area contributed by atoms with Gasteiger partial charge < -0.3 is 14.6 Å². The smallest absolute Gasteiger partial charge is 0.142 e. The lowest BCUT2D eigenvalue weighted by Crippen LogP contribution is -2.22. The quantitative estimate of drug-likeness (QED) is 0.751. The van der Waals surface area contributed by atoms with Crippen molar-refractivity contribution in [2.75, 3.05) is 19.0 Å². The van der Waals surface area contributed by atoms with E-state index in [0.717, 1.165) is 23.3 Å². The van der Waals surface area contributed by atoms with Crippen LogP contribution in [0.15, 0.2) is 18.2 Å². The number of hydrogen-bond donors (Lipinski definition) is 1. The molecule has 0 amide bonds. The van der Waals surface area contributed by atoms with Gasteiger partial charge in [0, 0.05) is 23.2 Å². The van der Waals surface area contributed by atoms with Gasteiger partial charge in [-0.2, -0.15) is 0 Å². The molecule has 0 spiro atoms. The number of methoxy groups -OCH3 is 1. The Morgan fingerprint density at radius 1 is 1.14 bits per heavy atom. The van der Waals surface area contributed by atoms with Crippen molar-refractivity contribution in [1.29, 1.82) is 0 Å². The highest BCUT2D eigenvalue weighted by Gasteiger charge is 2.33. The third kappa shape index (κ3) is 4.29. The molecule has 4 heteroatoms. The van der Waals surface area contributed by atoms with Crippen LogP contribution in [-0.4, -0.2) is 25.0 Å². The maximum Gasteiger partial charge on any atom is 0.142 e. The summed E-state index contributed by atoms with van der Waals surface area (Å²) in [4.78, 5) is 0. The van der Waals surface area contributed by atoms with E-state index >= 15 is 0 Å². The first-order chi connectivity index (χ1) is 10.0. The lowest BCUT2D eigenvalue weighted by Gasteiger charge is -2.27. The van der Waals surface area contributed by atoms with Crippen LogP contribution < -0.4 is 15.4 Å².